The van der Waals surface area contributed by atoms with Crippen LogP contribution in [0.4, 0.5) is 4.79 Å². The summed E-state index contributed by atoms with van der Waals surface area (Å²) >= 11 is 6.50. The molecule has 2 aromatic carbocycles. The van der Waals surface area contributed by atoms with E-state index in [-0.39, 0.29) is 24.7 Å². The van der Waals surface area contributed by atoms with Crippen molar-refractivity contribution in [1.82, 2.24) is 15.7 Å². The van der Waals surface area contributed by atoms with E-state index in [1.54, 1.807) is 12.1 Å². The van der Waals surface area contributed by atoms with Crippen LogP contribution in [0, 0.1) is 5.92 Å². The van der Waals surface area contributed by atoms with Crippen LogP contribution in [0.3, 0.4) is 0 Å². The molecular formula is C23H24Br2N4O4. The summed E-state index contributed by atoms with van der Waals surface area (Å²) in [5.41, 5.74) is 4.94. The lowest BCUT2D eigenvalue weighted by Gasteiger charge is -2.17. The number of amides is 2. The molecule has 1 atom stereocenters. The van der Waals surface area contributed by atoms with Crippen LogP contribution < -0.4 is 10.7 Å². The number of aromatic nitrogens is 1. The summed E-state index contributed by atoms with van der Waals surface area (Å²) in [5.74, 6) is -0.251. The Balaban J connectivity index is 1.74. The maximum atomic E-state index is 12.9. The topological polar surface area (TPSA) is 116 Å². The van der Waals surface area contributed by atoms with Gasteiger partial charge in [-0.15, -0.1) is 0 Å². The molecule has 0 saturated heterocycles. The second-order valence-corrected chi connectivity index (χ2v) is 9.53. The number of hydrogen-bond acceptors (Lipinski definition) is 5. The number of rotatable bonds is 8. The Bertz CT molecular complexity index is 1150. The molecule has 0 aliphatic heterocycles. The number of halogens is 2. The molecule has 0 aliphatic rings. The molecule has 1 heterocycles. The zero-order chi connectivity index (χ0) is 24.0. The van der Waals surface area contributed by atoms with Gasteiger partial charge < -0.3 is 20.1 Å². The number of aromatic hydroxyl groups is 1. The Morgan fingerprint density at radius 3 is 2.61 bits per heavy atom. The van der Waals surface area contributed by atoms with E-state index >= 15 is 0 Å². The van der Waals surface area contributed by atoms with E-state index in [0.717, 1.165) is 16.5 Å². The first-order chi connectivity index (χ1) is 15.7. The number of nitrogens with one attached hydrogen (secondary N) is 3. The fourth-order valence-electron chi connectivity index (χ4n) is 3.06. The molecule has 0 bridgehead atoms. The van der Waals surface area contributed by atoms with Gasteiger partial charge in [-0.25, -0.2) is 10.2 Å². The maximum absolute atomic E-state index is 12.9. The number of H-pyrrole nitrogens is 1. The molecule has 33 heavy (non-hydrogen) atoms. The minimum atomic E-state index is -0.903. The van der Waals surface area contributed by atoms with Crippen LogP contribution >= 0.6 is 31.9 Å². The van der Waals surface area contributed by atoms with E-state index in [0.29, 0.717) is 14.5 Å². The van der Waals surface area contributed by atoms with E-state index in [1.807, 2.05) is 44.3 Å². The third-order valence-corrected chi connectivity index (χ3v) is 5.89. The predicted molar refractivity (Wildman–Crippen MR) is 134 cm³/mol. The smallest absolute Gasteiger partial charge is 0.407 e. The lowest BCUT2D eigenvalue weighted by Crippen LogP contribution is -2.47. The van der Waals surface area contributed by atoms with E-state index in [2.05, 4.69) is 52.7 Å². The summed E-state index contributed by atoms with van der Waals surface area (Å²) in [5, 5.41) is 17.4. The normalized spacial score (nSPS) is 12.3. The molecule has 1 aromatic heterocycles. The summed E-state index contributed by atoms with van der Waals surface area (Å²) < 4.78 is 6.16. The van der Waals surface area contributed by atoms with Crippen LogP contribution in [0.2, 0.25) is 0 Å². The number of phenolic OH excluding ortho intramolecular Hbond substituents is 1. The van der Waals surface area contributed by atoms with Gasteiger partial charge in [0.05, 0.1) is 21.8 Å². The number of hydrogen-bond donors (Lipinski definition) is 4. The Morgan fingerprint density at radius 1 is 1.21 bits per heavy atom. The Hall–Kier alpha value is -2.85. The molecule has 1 unspecified atom stereocenters. The number of benzene rings is 2. The van der Waals surface area contributed by atoms with Crippen LogP contribution in [-0.2, 0) is 16.0 Å². The van der Waals surface area contributed by atoms with Crippen molar-refractivity contribution in [2.24, 2.45) is 11.0 Å². The number of hydrazone groups is 1. The van der Waals surface area contributed by atoms with E-state index < -0.39 is 18.0 Å². The van der Waals surface area contributed by atoms with E-state index in [4.69, 9.17) is 4.74 Å². The lowest BCUT2D eigenvalue weighted by atomic mass is 10.0. The molecule has 0 fully saturated rings. The number of fused-ring (bicyclic) bond motifs is 1. The SMILES string of the molecule is CC(C)COC(=O)NC(Cc1c[nH]c2ccccc12)C(=O)NN=Cc1cc(Br)c(O)c(Br)c1. The summed E-state index contributed by atoms with van der Waals surface area (Å²) in [6.07, 6.45) is 2.84. The minimum Gasteiger partial charge on any atom is -0.506 e. The highest BCUT2D eigenvalue weighted by molar-refractivity contribution is 9.11. The number of alkyl carbamates (subject to hydrolysis) is 1. The second-order valence-electron chi connectivity index (χ2n) is 7.82. The summed E-state index contributed by atoms with van der Waals surface area (Å²) in [6.45, 7) is 4.10. The summed E-state index contributed by atoms with van der Waals surface area (Å²) in [6, 6.07) is 10.1. The number of para-hydroxylation sites is 1. The third kappa shape index (κ3) is 6.82. The van der Waals surface area contributed by atoms with Crippen LogP contribution in [-0.4, -0.2) is 41.0 Å². The van der Waals surface area contributed by atoms with E-state index in [9.17, 15) is 14.7 Å². The predicted octanol–water partition coefficient (Wildman–Crippen LogP) is 4.84. The van der Waals surface area contributed by atoms with Crippen molar-refractivity contribution < 1.29 is 19.4 Å². The minimum absolute atomic E-state index is 0.0686. The van der Waals surface area contributed by atoms with Gasteiger partial charge in [-0.1, -0.05) is 32.0 Å². The molecule has 3 aromatic rings. The van der Waals surface area contributed by atoms with Crippen molar-refractivity contribution in [3.8, 4) is 5.75 Å². The Morgan fingerprint density at radius 2 is 1.91 bits per heavy atom. The van der Waals surface area contributed by atoms with Gasteiger partial charge >= 0.3 is 6.09 Å². The number of carbonyl (C=O) groups is 2. The summed E-state index contributed by atoms with van der Waals surface area (Å²) in [4.78, 5) is 28.3. The molecule has 10 heteroatoms. The molecule has 0 aliphatic carbocycles. The van der Waals surface area contributed by atoms with Crippen LogP contribution in [0.5, 0.6) is 5.75 Å². The number of nitrogens with zero attached hydrogens (tertiary/aromatic N) is 1. The van der Waals surface area contributed by atoms with Gasteiger partial charge in [-0.3, -0.25) is 4.79 Å². The van der Waals surface area contributed by atoms with Crippen molar-refractivity contribution in [3.05, 3.63) is 62.7 Å². The fourth-order valence-corrected chi connectivity index (χ4v) is 4.29. The number of aromatic amines is 1. The second kappa shape index (κ2) is 11.3. The lowest BCUT2D eigenvalue weighted by molar-refractivity contribution is -0.123. The maximum Gasteiger partial charge on any atom is 0.407 e. The van der Waals surface area contributed by atoms with Gasteiger partial charge in [0.25, 0.3) is 5.91 Å². The van der Waals surface area contributed by atoms with Gasteiger partial charge in [0, 0.05) is 23.5 Å². The van der Waals surface area contributed by atoms with Gasteiger partial charge in [0.15, 0.2) is 0 Å². The van der Waals surface area contributed by atoms with E-state index in [1.165, 1.54) is 6.21 Å². The van der Waals surface area contributed by atoms with Crippen molar-refractivity contribution >= 4 is 61.0 Å². The molecular weight excluding hydrogens is 556 g/mol. The molecule has 0 spiro atoms. The zero-order valence-corrected chi connectivity index (χ0v) is 21.2. The average molecular weight is 580 g/mol. The molecule has 174 valence electrons. The van der Waals surface area contributed by atoms with Crippen LogP contribution in [0.25, 0.3) is 10.9 Å². The van der Waals surface area contributed by atoms with Crippen molar-refractivity contribution in [3.63, 3.8) is 0 Å². The molecule has 0 saturated carbocycles. The number of ether oxygens (including phenoxy) is 1. The van der Waals surface area contributed by atoms with Gasteiger partial charge in [-0.05, 0) is 67.1 Å². The molecule has 3 rings (SSSR count). The highest BCUT2D eigenvalue weighted by Gasteiger charge is 2.23. The van der Waals surface area contributed by atoms with Crippen molar-refractivity contribution in [2.45, 2.75) is 26.3 Å². The first kappa shape index (κ1) is 24.8. The number of carbonyl (C=O) groups excluding carboxylic acids is 2. The van der Waals surface area contributed by atoms with Crippen molar-refractivity contribution in [2.75, 3.05) is 6.61 Å². The molecule has 4 N–H and O–H groups in total. The van der Waals surface area contributed by atoms with Gasteiger partial charge in [-0.2, -0.15) is 5.10 Å². The fraction of sp³-hybridized carbons (Fsp3) is 0.261. The molecule has 8 nitrogen and oxygen atoms in total. The zero-order valence-electron chi connectivity index (χ0n) is 18.1. The van der Waals surface area contributed by atoms with Gasteiger partial charge in [0.1, 0.15) is 11.8 Å². The Labute approximate surface area is 208 Å². The molecule has 0 radical (unpaired) electrons. The molecule has 2 amide bonds. The number of phenols is 1. The largest absolute Gasteiger partial charge is 0.506 e. The van der Waals surface area contributed by atoms with Gasteiger partial charge in [0.2, 0.25) is 0 Å². The van der Waals surface area contributed by atoms with Crippen molar-refractivity contribution in [1.29, 1.82) is 0 Å². The third-order valence-electron chi connectivity index (χ3n) is 4.68. The average Bonchev–Trinajstić information content (AvgIpc) is 3.18. The quantitative estimate of drug-likeness (QED) is 0.226. The summed E-state index contributed by atoms with van der Waals surface area (Å²) in [7, 11) is 0. The highest BCUT2D eigenvalue weighted by Crippen LogP contribution is 2.32. The first-order valence-electron chi connectivity index (χ1n) is 10.2. The van der Waals surface area contributed by atoms with Crippen LogP contribution in [0.15, 0.2) is 56.6 Å². The monoisotopic (exact) mass is 578 g/mol. The highest BCUT2D eigenvalue weighted by atomic mass is 79.9. The Kier molecular flexibility index (Phi) is 8.51. The first-order valence-corrected chi connectivity index (χ1v) is 11.8. The van der Waals surface area contributed by atoms with Crippen LogP contribution in [0.1, 0.15) is 25.0 Å². The standard InChI is InChI=1S/C23H24Br2N4O4/c1-13(2)12-33-23(32)28-20(9-15-11-26-19-6-4-3-5-16(15)19)22(31)29-27-10-14-7-17(24)21(30)18(25)8-14/h3-8,10-11,13,20,26,30H,9,12H2,1-2H3,(H,28,32)(H,29,31).